The third-order valence-electron chi connectivity index (χ3n) is 2.26. The van der Waals surface area contributed by atoms with Crippen LogP contribution in [-0.4, -0.2) is 49.7 Å². The topological polar surface area (TPSA) is 95.2 Å². The van der Waals surface area contributed by atoms with Gasteiger partial charge in [0.05, 0.1) is 13.2 Å². The molecule has 1 fully saturated rings. The summed E-state index contributed by atoms with van der Waals surface area (Å²) in [5, 5.41) is -1.14. The summed E-state index contributed by atoms with van der Waals surface area (Å²) in [5.41, 5.74) is -0.401. The Balaban J connectivity index is 0.00000256. The molecule has 0 aliphatic carbocycles. The number of nitrogens with zero attached hydrogens (tertiary/aromatic N) is 1. The van der Waals surface area contributed by atoms with Gasteiger partial charge in [-0.1, -0.05) is 0 Å². The molecule has 2 unspecified atom stereocenters. The lowest BCUT2D eigenvalue weighted by molar-refractivity contribution is -0.144. The van der Waals surface area contributed by atoms with Crippen LogP contribution in [0.2, 0.25) is 0 Å². The van der Waals surface area contributed by atoms with Gasteiger partial charge in [0.25, 0.3) is 0 Å². The van der Waals surface area contributed by atoms with Crippen LogP contribution in [0.3, 0.4) is 0 Å². The molecule has 1 rings (SSSR count). The molecule has 2 atom stereocenters. The van der Waals surface area contributed by atoms with Gasteiger partial charge in [-0.05, 0) is 27.7 Å². The van der Waals surface area contributed by atoms with E-state index in [-0.39, 0.29) is 24.4 Å². The molecule has 2 N–H and O–H groups in total. The summed E-state index contributed by atoms with van der Waals surface area (Å²) < 4.78 is 18.3. The second-order valence-electron chi connectivity index (χ2n) is 4.58. The van der Waals surface area contributed by atoms with E-state index in [1.165, 1.54) is 4.31 Å². The van der Waals surface area contributed by atoms with Gasteiger partial charge in [-0.15, -0.1) is 0 Å². The zero-order valence-corrected chi connectivity index (χ0v) is 11.3. The average molecular weight is 265 g/mol. The van der Waals surface area contributed by atoms with Crippen LogP contribution in [0, 0.1) is 0 Å². The van der Waals surface area contributed by atoms with Crippen molar-refractivity contribution < 1.29 is 24.0 Å². The van der Waals surface area contributed by atoms with Crippen molar-refractivity contribution in [3.8, 4) is 0 Å². The second kappa shape index (κ2) is 5.70. The van der Waals surface area contributed by atoms with Crippen molar-refractivity contribution in [3.63, 3.8) is 0 Å². The fourth-order valence-corrected chi connectivity index (χ4v) is 3.05. The summed E-state index contributed by atoms with van der Waals surface area (Å²) in [5.74, 6) is -1.01. The highest BCUT2D eigenvalue weighted by molar-refractivity contribution is 7.85. The van der Waals surface area contributed by atoms with Gasteiger partial charge in [-0.3, -0.25) is 9.59 Å². The van der Waals surface area contributed by atoms with Crippen molar-refractivity contribution in [3.05, 3.63) is 0 Å². The van der Waals surface area contributed by atoms with E-state index < -0.39 is 27.7 Å². The molecular formula is C10H19NO5S. The number of ether oxygens (including phenoxy) is 1. The number of esters is 1. The lowest BCUT2D eigenvalue weighted by Crippen LogP contribution is -2.41. The lowest BCUT2D eigenvalue weighted by Gasteiger charge is -2.28. The minimum Gasteiger partial charge on any atom is -0.465 e. The predicted octanol–water partition coefficient (Wildman–Crippen LogP) is -0.560. The van der Waals surface area contributed by atoms with Crippen LogP contribution in [0.5, 0.6) is 0 Å². The number of rotatable bonds is 2. The van der Waals surface area contributed by atoms with Gasteiger partial charge in [0.1, 0.15) is 11.0 Å². The number of hydrogen-bond acceptors (Lipinski definition) is 4. The quantitative estimate of drug-likeness (QED) is 0.494. The first-order chi connectivity index (χ1) is 7.29. The van der Waals surface area contributed by atoms with Gasteiger partial charge in [0.15, 0.2) is 5.78 Å². The monoisotopic (exact) mass is 265 g/mol. The average Bonchev–Trinajstić information content (AvgIpc) is 2.41. The Hall–Kier alpha value is -0.790. The Morgan fingerprint density at radius 1 is 1.53 bits per heavy atom. The van der Waals surface area contributed by atoms with Crippen LogP contribution in [0.4, 0.5) is 0 Å². The van der Waals surface area contributed by atoms with Gasteiger partial charge in [-0.2, -0.15) is 0 Å². The van der Waals surface area contributed by atoms with E-state index in [1.54, 1.807) is 6.92 Å². The van der Waals surface area contributed by atoms with E-state index in [4.69, 9.17) is 4.74 Å². The number of hydrogen-bond donors (Lipinski definition) is 0. The Morgan fingerprint density at radius 2 is 2.06 bits per heavy atom. The Labute approximate surface area is 103 Å². The Bertz CT molecular complexity index is 336. The highest BCUT2D eigenvalue weighted by atomic mass is 32.2. The van der Waals surface area contributed by atoms with Gasteiger partial charge < -0.3 is 10.2 Å². The first-order valence-electron chi connectivity index (χ1n) is 5.16. The second-order valence-corrected chi connectivity index (χ2v) is 6.05. The van der Waals surface area contributed by atoms with Gasteiger partial charge >= 0.3 is 5.97 Å². The van der Waals surface area contributed by atoms with Crippen molar-refractivity contribution in [2.24, 2.45) is 0 Å². The van der Waals surface area contributed by atoms with Crippen LogP contribution in [-0.2, 0) is 25.3 Å². The molecule has 6 nitrogen and oxygen atoms in total. The molecule has 1 heterocycles. The standard InChI is InChI=1S/C10H17NO4S.H2O/c1-5-15-9(13)8-7(12)6-11(16(8)14)10(2,3)4;/h8H,5-6H2,1-4H3;1H2. The third kappa shape index (κ3) is 3.34. The zero-order valence-electron chi connectivity index (χ0n) is 10.5. The molecule has 0 bridgehead atoms. The van der Waals surface area contributed by atoms with Gasteiger partial charge in [-0.25, -0.2) is 8.51 Å². The third-order valence-corrected chi connectivity index (χ3v) is 4.23. The van der Waals surface area contributed by atoms with Crippen molar-refractivity contribution in [1.29, 1.82) is 0 Å². The Kier molecular flexibility index (Phi) is 5.44. The zero-order chi connectivity index (χ0) is 12.5. The molecule has 0 radical (unpaired) electrons. The maximum absolute atomic E-state index is 12.0. The number of carbonyl (C=O) groups excluding carboxylic acids is 2. The van der Waals surface area contributed by atoms with Crippen molar-refractivity contribution in [1.82, 2.24) is 4.31 Å². The number of carbonyl (C=O) groups is 2. The molecule has 0 aromatic rings. The SMILES string of the molecule is CCOC(=O)C1C(=O)CN(C(C)(C)C)S1=O.O. The summed E-state index contributed by atoms with van der Waals surface area (Å²) in [6, 6.07) is 0. The fourth-order valence-electron chi connectivity index (χ4n) is 1.47. The normalized spacial score (nSPS) is 25.5. The van der Waals surface area contributed by atoms with E-state index >= 15 is 0 Å². The number of Topliss-reactive ketones (excluding diaryl/α,β-unsaturated/α-hetero) is 1. The minimum absolute atomic E-state index is 0. The molecule has 1 aliphatic rings. The van der Waals surface area contributed by atoms with Gasteiger partial charge in [0, 0.05) is 5.54 Å². The van der Waals surface area contributed by atoms with Crippen LogP contribution < -0.4 is 0 Å². The maximum atomic E-state index is 12.0. The maximum Gasteiger partial charge on any atom is 0.330 e. The highest BCUT2D eigenvalue weighted by Crippen LogP contribution is 2.25. The molecule has 1 aliphatic heterocycles. The first kappa shape index (κ1) is 16.2. The molecule has 17 heavy (non-hydrogen) atoms. The Morgan fingerprint density at radius 3 is 2.41 bits per heavy atom. The molecule has 0 spiro atoms. The molecule has 1 saturated heterocycles. The molecule has 7 heteroatoms. The summed E-state index contributed by atoms with van der Waals surface area (Å²) >= 11 is 0. The van der Waals surface area contributed by atoms with Crippen molar-refractivity contribution >= 4 is 22.7 Å². The first-order valence-corrected chi connectivity index (χ1v) is 6.33. The largest absolute Gasteiger partial charge is 0.465 e. The summed E-state index contributed by atoms with van der Waals surface area (Å²) in [4.78, 5) is 23.1. The summed E-state index contributed by atoms with van der Waals surface area (Å²) in [6.07, 6.45) is 0. The predicted molar refractivity (Wildman–Crippen MR) is 63.6 cm³/mol. The van der Waals surface area contributed by atoms with Crippen LogP contribution in [0.15, 0.2) is 0 Å². The van der Waals surface area contributed by atoms with Crippen LogP contribution in [0.25, 0.3) is 0 Å². The van der Waals surface area contributed by atoms with Crippen LogP contribution >= 0.6 is 0 Å². The molecule has 0 aromatic carbocycles. The van der Waals surface area contributed by atoms with Crippen LogP contribution in [0.1, 0.15) is 27.7 Å². The molecule has 100 valence electrons. The number of ketones is 1. The van der Waals surface area contributed by atoms with E-state index in [0.717, 1.165) is 0 Å². The molecule has 0 amide bonds. The fraction of sp³-hybridized carbons (Fsp3) is 0.800. The van der Waals surface area contributed by atoms with E-state index in [2.05, 4.69) is 0 Å². The minimum atomic E-state index is -1.62. The van der Waals surface area contributed by atoms with Crippen molar-refractivity contribution in [2.45, 2.75) is 38.5 Å². The van der Waals surface area contributed by atoms with Gasteiger partial charge in [0.2, 0.25) is 5.25 Å². The summed E-state index contributed by atoms with van der Waals surface area (Å²) in [6.45, 7) is 7.44. The molecule has 0 aromatic heterocycles. The lowest BCUT2D eigenvalue weighted by atomic mass is 10.1. The molecule has 0 saturated carbocycles. The van der Waals surface area contributed by atoms with Crippen molar-refractivity contribution in [2.75, 3.05) is 13.2 Å². The highest BCUT2D eigenvalue weighted by Gasteiger charge is 2.48. The van der Waals surface area contributed by atoms with E-state index in [9.17, 15) is 13.8 Å². The molecular weight excluding hydrogens is 246 g/mol. The van der Waals surface area contributed by atoms with E-state index in [1.807, 2.05) is 20.8 Å². The van der Waals surface area contributed by atoms with E-state index in [0.29, 0.717) is 0 Å². The summed E-state index contributed by atoms with van der Waals surface area (Å²) in [7, 11) is -1.62. The smallest absolute Gasteiger partial charge is 0.330 e.